The second-order valence-corrected chi connectivity index (χ2v) is 9.14. The van der Waals surface area contributed by atoms with Gasteiger partial charge in [0.05, 0.1) is 5.70 Å². The molecule has 0 unspecified atom stereocenters. The molecule has 0 aromatic heterocycles. The van der Waals surface area contributed by atoms with Crippen molar-refractivity contribution in [2.24, 2.45) is 5.11 Å². The average molecular weight is 371 g/mol. The SMILES string of the molecule is CN(C)CCC/C=C/C=C(/CCB(C1CCCCC1)C1CCCCC1)N=N. The molecule has 1 N–H and O–H groups in total. The lowest BCUT2D eigenvalue weighted by Gasteiger charge is -2.35. The van der Waals surface area contributed by atoms with E-state index in [1.807, 2.05) is 0 Å². The summed E-state index contributed by atoms with van der Waals surface area (Å²) in [6.07, 6.45) is 25.4. The smallest absolute Gasteiger partial charge is 0.146 e. The van der Waals surface area contributed by atoms with Crippen molar-refractivity contribution in [3.63, 3.8) is 0 Å². The molecular weight excluding hydrogens is 329 g/mol. The van der Waals surface area contributed by atoms with Gasteiger partial charge in [-0.1, -0.05) is 94.3 Å². The highest BCUT2D eigenvalue weighted by Crippen LogP contribution is 2.43. The number of rotatable bonds is 11. The molecule has 2 rings (SSSR count). The predicted octanol–water partition coefficient (Wildman–Crippen LogP) is 7.35. The molecule has 0 spiro atoms. The fraction of sp³-hybridized carbons (Fsp3) is 0.826. The Kier molecular flexibility index (Phi) is 11.0. The van der Waals surface area contributed by atoms with Crippen LogP contribution in [0.5, 0.6) is 0 Å². The molecule has 0 amide bonds. The molecule has 4 heteroatoms. The summed E-state index contributed by atoms with van der Waals surface area (Å²) < 4.78 is 0. The van der Waals surface area contributed by atoms with E-state index in [0.717, 1.165) is 43.4 Å². The van der Waals surface area contributed by atoms with Crippen LogP contribution in [0.3, 0.4) is 0 Å². The molecule has 2 fully saturated rings. The zero-order valence-corrected chi connectivity index (χ0v) is 18.0. The van der Waals surface area contributed by atoms with Crippen LogP contribution in [0.1, 0.15) is 83.5 Å². The number of nitrogens with zero attached hydrogens (tertiary/aromatic N) is 2. The zero-order valence-electron chi connectivity index (χ0n) is 18.0. The Morgan fingerprint density at radius 3 is 2.11 bits per heavy atom. The molecule has 2 saturated carbocycles. The van der Waals surface area contributed by atoms with Gasteiger partial charge in [-0.15, -0.1) is 0 Å². The summed E-state index contributed by atoms with van der Waals surface area (Å²) in [5, 5.41) is 3.85. The Balaban J connectivity index is 1.85. The summed E-state index contributed by atoms with van der Waals surface area (Å²) >= 11 is 0. The Hall–Kier alpha value is -0.895. The third kappa shape index (κ3) is 8.76. The highest BCUT2D eigenvalue weighted by molar-refractivity contribution is 6.62. The van der Waals surface area contributed by atoms with Crippen molar-refractivity contribution in [2.45, 2.75) is 101 Å². The first kappa shape index (κ1) is 22.4. The van der Waals surface area contributed by atoms with Crippen LogP contribution in [0.25, 0.3) is 0 Å². The van der Waals surface area contributed by atoms with Gasteiger partial charge >= 0.3 is 0 Å². The van der Waals surface area contributed by atoms with E-state index in [1.54, 1.807) is 0 Å². The van der Waals surface area contributed by atoms with Gasteiger partial charge in [0.15, 0.2) is 0 Å². The van der Waals surface area contributed by atoms with E-state index in [2.05, 4.69) is 42.3 Å². The maximum atomic E-state index is 7.58. The topological polar surface area (TPSA) is 39.5 Å². The lowest BCUT2D eigenvalue weighted by molar-refractivity contribution is 0.402. The van der Waals surface area contributed by atoms with Crippen molar-refractivity contribution in [1.82, 2.24) is 4.90 Å². The van der Waals surface area contributed by atoms with E-state index in [-0.39, 0.29) is 0 Å². The van der Waals surface area contributed by atoms with Crippen LogP contribution >= 0.6 is 0 Å². The Morgan fingerprint density at radius 2 is 1.59 bits per heavy atom. The maximum Gasteiger partial charge on any atom is 0.146 e. The monoisotopic (exact) mass is 371 g/mol. The second kappa shape index (κ2) is 13.3. The van der Waals surface area contributed by atoms with Gasteiger partial charge < -0.3 is 4.90 Å². The average Bonchev–Trinajstić information content (AvgIpc) is 2.70. The van der Waals surface area contributed by atoms with Gasteiger partial charge in [0.2, 0.25) is 0 Å². The third-order valence-corrected chi connectivity index (χ3v) is 6.79. The minimum absolute atomic E-state index is 0.875. The Bertz CT molecular complexity index is 442. The normalized spacial score (nSPS) is 20.5. The van der Waals surface area contributed by atoms with Crippen molar-refractivity contribution in [3.8, 4) is 0 Å². The molecule has 0 saturated heterocycles. The summed E-state index contributed by atoms with van der Waals surface area (Å²) in [7, 11) is 4.24. The predicted molar refractivity (Wildman–Crippen MR) is 119 cm³/mol. The molecule has 0 radical (unpaired) electrons. The first-order valence-electron chi connectivity index (χ1n) is 11.6. The molecule has 152 valence electrons. The van der Waals surface area contributed by atoms with Crippen molar-refractivity contribution in [3.05, 3.63) is 23.9 Å². The fourth-order valence-electron chi connectivity index (χ4n) is 5.27. The Labute approximate surface area is 168 Å². The van der Waals surface area contributed by atoms with E-state index >= 15 is 0 Å². The van der Waals surface area contributed by atoms with Gasteiger partial charge in [-0.2, -0.15) is 5.11 Å². The van der Waals surface area contributed by atoms with Crippen LogP contribution in [0, 0.1) is 5.53 Å². The maximum absolute atomic E-state index is 7.58. The second-order valence-electron chi connectivity index (χ2n) is 9.14. The molecule has 0 aliphatic heterocycles. The highest BCUT2D eigenvalue weighted by Gasteiger charge is 2.34. The van der Waals surface area contributed by atoms with Crippen LogP contribution in [0.15, 0.2) is 29.0 Å². The van der Waals surface area contributed by atoms with Crippen LogP contribution in [-0.4, -0.2) is 32.3 Å². The van der Waals surface area contributed by atoms with Crippen LogP contribution in [0.2, 0.25) is 18.0 Å². The van der Waals surface area contributed by atoms with E-state index in [1.165, 1.54) is 76.9 Å². The lowest BCUT2D eigenvalue weighted by Crippen LogP contribution is -2.30. The standard InChI is InChI=1S/C23H42BN3/c1-27(2)20-12-4-3-11-17-23(26-25)18-19-24(21-13-7-5-8-14-21)22-15-9-6-10-16-22/h3,11,17,21-22,25H,4-10,12-16,18-20H2,1-2H3/b11-3+,23-17-,26-25?. The van der Waals surface area contributed by atoms with Crippen LogP contribution in [-0.2, 0) is 0 Å². The molecule has 3 nitrogen and oxygen atoms in total. The summed E-state index contributed by atoms with van der Waals surface area (Å²) in [4.78, 5) is 2.23. The number of unbranched alkanes of at least 4 members (excludes halogenated alkanes) is 1. The molecule has 2 aliphatic carbocycles. The van der Waals surface area contributed by atoms with Crippen molar-refractivity contribution in [2.75, 3.05) is 20.6 Å². The van der Waals surface area contributed by atoms with Crippen molar-refractivity contribution < 1.29 is 0 Å². The molecule has 0 heterocycles. The van der Waals surface area contributed by atoms with Crippen molar-refractivity contribution in [1.29, 1.82) is 5.53 Å². The van der Waals surface area contributed by atoms with Crippen molar-refractivity contribution >= 4 is 6.71 Å². The summed E-state index contributed by atoms with van der Waals surface area (Å²) in [5.74, 6) is 1.88. The molecule has 0 aromatic carbocycles. The van der Waals surface area contributed by atoms with Gasteiger partial charge in [-0.25, -0.2) is 5.53 Å². The largest absolute Gasteiger partial charge is 0.309 e. The minimum atomic E-state index is 0.875. The van der Waals surface area contributed by atoms with Crippen LogP contribution < -0.4 is 0 Å². The summed E-state index contributed by atoms with van der Waals surface area (Å²) in [5.41, 5.74) is 8.55. The van der Waals surface area contributed by atoms with Gasteiger partial charge in [-0.3, -0.25) is 0 Å². The number of allylic oxidation sites excluding steroid dienone is 4. The summed E-state index contributed by atoms with van der Waals surface area (Å²) in [6, 6.07) is 0. The molecular formula is C23H42BN3. The molecule has 0 aromatic rings. The van der Waals surface area contributed by atoms with E-state index in [4.69, 9.17) is 5.53 Å². The molecule has 0 atom stereocenters. The number of hydrogen-bond acceptors (Lipinski definition) is 3. The van der Waals surface area contributed by atoms with Gasteiger partial charge in [0, 0.05) is 0 Å². The fourth-order valence-corrected chi connectivity index (χ4v) is 5.27. The lowest BCUT2D eigenvalue weighted by atomic mass is 9.28. The van der Waals surface area contributed by atoms with E-state index in [0.29, 0.717) is 0 Å². The highest BCUT2D eigenvalue weighted by atomic mass is 15.0. The molecule has 2 aliphatic rings. The van der Waals surface area contributed by atoms with Crippen LogP contribution in [0.4, 0.5) is 0 Å². The minimum Gasteiger partial charge on any atom is -0.309 e. The number of hydrogen-bond donors (Lipinski definition) is 1. The molecule has 27 heavy (non-hydrogen) atoms. The summed E-state index contributed by atoms with van der Waals surface area (Å²) in [6.45, 7) is 2.01. The van der Waals surface area contributed by atoms with Gasteiger partial charge in [0.1, 0.15) is 6.71 Å². The van der Waals surface area contributed by atoms with Gasteiger partial charge in [-0.05, 0) is 46.0 Å². The Morgan fingerprint density at radius 1 is 1.00 bits per heavy atom. The van der Waals surface area contributed by atoms with E-state index in [9.17, 15) is 0 Å². The zero-order chi connectivity index (χ0) is 19.3. The quantitative estimate of drug-likeness (QED) is 0.175. The molecule has 0 bridgehead atoms. The third-order valence-electron chi connectivity index (χ3n) is 6.79. The van der Waals surface area contributed by atoms with Gasteiger partial charge in [0.25, 0.3) is 0 Å². The number of nitrogens with one attached hydrogen (secondary N) is 1. The first-order chi connectivity index (χ1) is 13.2. The van der Waals surface area contributed by atoms with E-state index < -0.39 is 0 Å². The first-order valence-corrected chi connectivity index (χ1v) is 11.6.